The number of hydrogen-bond donors (Lipinski definition) is 2. The number of aryl methyl sites for hydroxylation is 3. The molecule has 2 N–H and O–H groups in total. The summed E-state index contributed by atoms with van der Waals surface area (Å²) in [5.74, 6) is 1.39. The summed E-state index contributed by atoms with van der Waals surface area (Å²) >= 11 is 0. The van der Waals surface area contributed by atoms with Crippen LogP contribution in [-0.2, 0) is 29.1 Å². The molecule has 0 aliphatic carbocycles. The monoisotopic (exact) mass is 802 g/mol. The minimum Gasteiger partial charge on any atom is -0.497 e. The van der Waals surface area contributed by atoms with Crippen LogP contribution in [0.1, 0.15) is 66.0 Å². The quantitative estimate of drug-likeness (QED) is 0.150. The van der Waals surface area contributed by atoms with E-state index in [0.29, 0.717) is 69.8 Å². The van der Waals surface area contributed by atoms with Gasteiger partial charge in [-0.25, -0.2) is 9.59 Å². The Balaban J connectivity index is 1.17. The normalized spacial score (nSPS) is 14.7. The van der Waals surface area contributed by atoms with Crippen molar-refractivity contribution in [1.82, 2.24) is 19.6 Å². The first-order chi connectivity index (χ1) is 28.4. The third-order valence-electron chi connectivity index (χ3n) is 11.7. The van der Waals surface area contributed by atoms with Gasteiger partial charge in [-0.15, -0.1) is 0 Å². The summed E-state index contributed by atoms with van der Waals surface area (Å²) in [5.41, 5.74) is 7.26. The predicted octanol–water partition coefficient (Wildman–Crippen LogP) is 7.94. The average Bonchev–Trinajstić information content (AvgIpc) is 3.24. The predicted molar refractivity (Wildman–Crippen MR) is 231 cm³/mol. The second-order valence-corrected chi connectivity index (χ2v) is 15.8. The molecule has 2 fully saturated rings. The zero-order valence-corrected chi connectivity index (χ0v) is 35.3. The molecule has 0 aromatic heterocycles. The molecule has 4 aromatic rings. The second-order valence-electron chi connectivity index (χ2n) is 15.8. The molecule has 0 unspecified atom stereocenters. The molecule has 0 atom stereocenters. The van der Waals surface area contributed by atoms with E-state index in [1.165, 1.54) is 0 Å². The van der Waals surface area contributed by atoms with Gasteiger partial charge in [0.15, 0.2) is 0 Å². The molecule has 2 saturated heterocycles. The van der Waals surface area contributed by atoms with E-state index in [1.54, 1.807) is 21.1 Å². The van der Waals surface area contributed by atoms with Crippen molar-refractivity contribution in [3.63, 3.8) is 0 Å². The molecule has 4 aromatic carbocycles. The van der Waals surface area contributed by atoms with Crippen molar-refractivity contribution in [2.24, 2.45) is 0 Å². The summed E-state index contributed by atoms with van der Waals surface area (Å²) in [6.45, 7) is 10.4. The molecular weight excluding hydrogens is 745 g/mol. The van der Waals surface area contributed by atoms with Crippen molar-refractivity contribution >= 4 is 35.3 Å². The number of ether oxygens (including phenoxy) is 2. The number of likely N-dealkylation sites (tertiary alicyclic amines) is 2. The molecule has 2 aliphatic heterocycles. The highest BCUT2D eigenvalue weighted by Gasteiger charge is 2.32. The fourth-order valence-electron chi connectivity index (χ4n) is 7.98. The Kier molecular flexibility index (Phi) is 14.1. The molecule has 2 heterocycles. The van der Waals surface area contributed by atoms with Crippen molar-refractivity contribution in [2.45, 2.75) is 85.0 Å². The SMILES string of the molecule is COc1ccc(CN(C(=O)Nc2cc(C)ccc2C)C2CCN(C(=O)Cc3cc(OC)ccc3CN(C(=O)Nc3ccc(C)cc3)C3CCN(C(C)=O)CC3)CC2)cc1. The van der Waals surface area contributed by atoms with Gasteiger partial charge < -0.3 is 39.7 Å². The lowest BCUT2D eigenvalue weighted by molar-refractivity contribution is -0.132. The van der Waals surface area contributed by atoms with Gasteiger partial charge in [-0.05, 0) is 117 Å². The highest BCUT2D eigenvalue weighted by molar-refractivity contribution is 5.91. The van der Waals surface area contributed by atoms with Crippen molar-refractivity contribution < 1.29 is 28.7 Å². The minimum absolute atomic E-state index is 0.0232. The van der Waals surface area contributed by atoms with Crippen LogP contribution in [-0.4, -0.2) is 96.0 Å². The Hall–Kier alpha value is -6.04. The number of hydrogen-bond acceptors (Lipinski definition) is 6. The van der Waals surface area contributed by atoms with Gasteiger partial charge >= 0.3 is 12.1 Å². The van der Waals surface area contributed by atoms with Gasteiger partial charge in [-0.3, -0.25) is 9.59 Å². The third kappa shape index (κ3) is 11.1. The van der Waals surface area contributed by atoms with E-state index < -0.39 is 0 Å². The maximum Gasteiger partial charge on any atom is 0.322 e. The first-order valence-corrected chi connectivity index (χ1v) is 20.5. The van der Waals surface area contributed by atoms with Crippen LogP contribution >= 0.6 is 0 Å². The van der Waals surface area contributed by atoms with Crippen molar-refractivity contribution in [1.29, 1.82) is 0 Å². The van der Waals surface area contributed by atoms with Gasteiger partial charge in [-0.1, -0.05) is 48.0 Å². The first-order valence-electron chi connectivity index (χ1n) is 20.5. The standard InChI is InChI=1S/C47H58N6O6/c1-32-8-14-39(15-9-32)48-46(56)53(41-19-23-50(24-20-41)35(4)54)31-37-13-18-43(59-6)28-38(37)29-45(55)51-25-21-40(22-26-51)52(30-36-11-16-42(58-5)17-12-36)47(57)49-44-27-33(2)7-10-34(44)3/h7-18,27-28,40-41H,19-26,29-31H2,1-6H3,(H,48,56)(H,49,57). The maximum atomic E-state index is 14.1. The van der Waals surface area contributed by atoms with Crippen LogP contribution < -0.4 is 20.1 Å². The van der Waals surface area contributed by atoms with Crippen LogP contribution in [0.2, 0.25) is 0 Å². The summed E-state index contributed by atoms with van der Waals surface area (Å²) in [6, 6.07) is 26.6. The summed E-state index contributed by atoms with van der Waals surface area (Å²) in [7, 11) is 3.23. The Morgan fingerprint density at radius 2 is 1.19 bits per heavy atom. The van der Waals surface area contributed by atoms with E-state index in [4.69, 9.17) is 9.47 Å². The Morgan fingerprint density at radius 3 is 1.80 bits per heavy atom. The number of anilines is 2. The number of urea groups is 2. The van der Waals surface area contributed by atoms with Crippen LogP contribution in [0.15, 0.2) is 84.9 Å². The molecule has 59 heavy (non-hydrogen) atoms. The Labute approximate surface area is 348 Å². The molecule has 0 radical (unpaired) electrons. The highest BCUT2D eigenvalue weighted by atomic mass is 16.5. The molecule has 0 spiro atoms. The molecule has 12 heteroatoms. The van der Waals surface area contributed by atoms with Crippen LogP contribution in [0, 0.1) is 20.8 Å². The minimum atomic E-state index is -0.230. The Morgan fingerprint density at radius 1 is 0.627 bits per heavy atom. The van der Waals surface area contributed by atoms with Gasteiger partial charge in [0, 0.05) is 69.7 Å². The molecule has 12 nitrogen and oxygen atoms in total. The smallest absolute Gasteiger partial charge is 0.322 e. The van der Waals surface area contributed by atoms with Gasteiger partial charge in [0.1, 0.15) is 11.5 Å². The van der Waals surface area contributed by atoms with E-state index in [1.807, 2.05) is 125 Å². The number of carbonyl (C=O) groups excluding carboxylic acids is 4. The third-order valence-corrected chi connectivity index (χ3v) is 11.7. The molecule has 6 amide bonds. The number of methoxy groups -OCH3 is 2. The summed E-state index contributed by atoms with van der Waals surface area (Å²) in [4.78, 5) is 61.8. The van der Waals surface area contributed by atoms with Gasteiger partial charge in [0.05, 0.1) is 20.6 Å². The van der Waals surface area contributed by atoms with Crippen LogP contribution in [0.3, 0.4) is 0 Å². The lowest BCUT2D eigenvalue weighted by Gasteiger charge is -2.39. The molecule has 2 aliphatic rings. The van der Waals surface area contributed by atoms with Crippen LogP contribution in [0.5, 0.6) is 11.5 Å². The number of benzene rings is 4. The zero-order chi connectivity index (χ0) is 42.1. The lowest BCUT2D eigenvalue weighted by atomic mass is 9.98. The lowest BCUT2D eigenvalue weighted by Crippen LogP contribution is -2.50. The maximum absolute atomic E-state index is 14.1. The Bertz CT molecular complexity index is 2090. The fourth-order valence-corrected chi connectivity index (χ4v) is 7.98. The van der Waals surface area contributed by atoms with Crippen molar-refractivity contribution in [3.05, 3.63) is 118 Å². The summed E-state index contributed by atoms with van der Waals surface area (Å²) < 4.78 is 11.0. The summed E-state index contributed by atoms with van der Waals surface area (Å²) in [5, 5.41) is 6.25. The molecule has 0 bridgehead atoms. The topological polar surface area (TPSA) is 124 Å². The fraction of sp³-hybridized carbons (Fsp3) is 0.404. The molecule has 312 valence electrons. The number of nitrogens with one attached hydrogen (secondary N) is 2. The zero-order valence-electron chi connectivity index (χ0n) is 35.3. The van der Waals surface area contributed by atoms with Crippen LogP contribution in [0.4, 0.5) is 21.0 Å². The van der Waals surface area contributed by atoms with Gasteiger partial charge in [0.2, 0.25) is 11.8 Å². The first kappa shape index (κ1) is 42.6. The van der Waals surface area contributed by atoms with Gasteiger partial charge in [-0.2, -0.15) is 0 Å². The second kappa shape index (κ2) is 19.6. The number of piperidine rings is 2. The summed E-state index contributed by atoms with van der Waals surface area (Å²) in [6.07, 6.45) is 2.69. The van der Waals surface area contributed by atoms with E-state index in [2.05, 4.69) is 10.6 Å². The van der Waals surface area contributed by atoms with E-state index >= 15 is 0 Å². The van der Waals surface area contributed by atoms with E-state index in [0.717, 1.165) is 44.8 Å². The molecule has 0 saturated carbocycles. The van der Waals surface area contributed by atoms with Crippen LogP contribution in [0.25, 0.3) is 0 Å². The number of nitrogens with zero attached hydrogens (tertiary/aromatic N) is 4. The largest absolute Gasteiger partial charge is 0.497 e. The van der Waals surface area contributed by atoms with Gasteiger partial charge in [0.25, 0.3) is 0 Å². The number of amides is 6. The molecule has 6 rings (SSSR count). The van der Waals surface area contributed by atoms with E-state index in [9.17, 15) is 19.2 Å². The van der Waals surface area contributed by atoms with Crippen molar-refractivity contribution in [2.75, 3.05) is 51.0 Å². The number of rotatable bonds is 12. The average molecular weight is 803 g/mol. The highest BCUT2D eigenvalue weighted by Crippen LogP contribution is 2.28. The number of carbonyl (C=O) groups is 4. The molecular formula is C47H58N6O6. The van der Waals surface area contributed by atoms with E-state index in [-0.39, 0.29) is 48.9 Å². The van der Waals surface area contributed by atoms with Crippen molar-refractivity contribution in [3.8, 4) is 11.5 Å².